The molecular weight excluding hydrogens is 244 g/mol. The van der Waals surface area contributed by atoms with E-state index in [2.05, 4.69) is 9.97 Å². The molecule has 0 aliphatic carbocycles. The highest BCUT2D eigenvalue weighted by Crippen LogP contribution is 2.08. The highest BCUT2D eigenvalue weighted by molar-refractivity contribution is 5.13. The van der Waals surface area contributed by atoms with E-state index in [1.165, 1.54) is 34.2 Å². The van der Waals surface area contributed by atoms with E-state index in [0.29, 0.717) is 13.1 Å². The smallest absolute Gasteiger partial charge is 0.358 e. The lowest BCUT2D eigenvalue weighted by atomic mass is 10.6. The van der Waals surface area contributed by atoms with Gasteiger partial charge in [0.25, 0.3) is 0 Å². The minimum atomic E-state index is -0.585. The summed E-state index contributed by atoms with van der Waals surface area (Å²) < 4.78 is 3.06. The molecule has 0 aliphatic heterocycles. The standard InChI is InChI=1S/C8H8N6O4/c15-13(16)7-3-11(5-9-7)1-2-12-4-8(10-6-12)14(17)18/h3-6H,1-2H2. The second-order valence-electron chi connectivity index (χ2n) is 3.45. The zero-order valence-electron chi connectivity index (χ0n) is 9.04. The maximum atomic E-state index is 10.4. The van der Waals surface area contributed by atoms with Crippen LogP contribution in [-0.2, 0) is 13.1 Å². The summed E-state index contributed by atoms with van der Waals surface area (Å²) in [6, 6.07) is 0. The Kier molecular flexibility index (Phi) is 3.00. The highest BCUT2D eigenvalue weighted by Gasteiger charge is 2.11. The van der Waals surface area contributed by atoms with Crippen LogP contribution in [0.3, 0.4) is 0 Å². The van der Waals surface area contributed by atoms with E-state index in [1.807, 2.05) is 0 Å². The van der Waals surface area contributed by atoms with Gasteiger partial charge in [-0.15, -0.1) is 0 Å². The van der Waals surface area contributed by atoms with Crippen LogP contribution in [0.4, 0.5) is 11.6 Å². The largest absolute Gasteiger partial charge is 0.381 e. The molecular formula is C8H8N6O4. The summed E-state index contributed by atoms with van der Waals surface area (Å²) in [6.45, 7) is 0.822. The maximum absolute atomic E-state index is 10.4. The van der Waals surface area contributed by atoms with E-state index in [0.717, 1.165) is 0 Å². The molecule has 0 amide bonds. The Morgan fingerprint density at radius 1 is 0.944 bits per heavy atom. The minimum absolute atomic E-state index is 0.230. The van der Waals surface area contributed by atoms with E-state index < -0.39 is 9.85 Å². The van der Waals surface area contributed by atoms with Gasteiger partial charge in [-0.2, -0.15) is 0 Å². The van der Waals surface area contributed by atoms with Crippen LogP contribution >= 0.6 is 0 Å². The number of aryl methyl sites for hydroxylation is 2. The number of hydrogen-bond acceptors (Lipinski definition) is 6. The molecule has 0 N–H and O–H groups in total. The van der Waals surface area contributed by atoms with Crippen molar-refractivity contribution in [1.29, 1.82) is 0 Å². The van der Waals surface area contributed by atoms with Gasteiger partial charge in [-0.25, -0.2) is 0 Å². The zero-order chi connectivity index (χ0) is 13.1. The molecule has 94 valence electrons. The predicted octanol–water partition coefficient (Wildman–Crippen LogP) is 0.596. The van der Waals surface area contributed by atoms with Gasteiger partial charge < -0.3 is 29.4 Å². The van der Waals surface area contributed by atoms with Crippen LogP contribution in [0.5, 0.6) is 0 Å². The Labute approximate surface area is 99.8 Å². The predicted molar refractivity (Wildman–Crippen MR) is 57.8 cm³/mol. The molecule has 2 aromatic heterocycles. The molecule has 2 aromatic rings. The molecule has 0 unspecified atom stereocenters. The second kappa shape index (κ2) is 4.61. The third-order valence-electron chi connectivity index (χ3n) is 2.23. The quantitative estimate of drug-likeness (QED) is 0.567. The lowest BCUT2D eigenvalue weighted by Gasteiger charge is -1.99. The van der Waals surface area contributed by atoms with Crippen molar-refractivity contribution < 1.29 is 9.85 Å². The first-order valence-corrected chi connectivity index (χ1v) is 4.88. The van der Waals surface area contributed by atoms with Crippen LogP contribution < -0.4 is 0 Å². The number of aromatic nitrogens is 4. The second-order valence-corrected chi connectivity index (χ2v) is 3.45. The fourth-order valence-electron chi connectivity index (χ4n) is 1.36. The topological polar surface area (TPSA) is 122 Å². The van der Waals surface area contributed by atoms with Crippen LogP contribution in [-0.4, -0.2) is 28.9 Å². The Hall–Kier alpha value is -2.78. The SMILES string of the molecule is O=[N+]([O-])c1cn(CCn2cnc([N+](=O)[O-])c2)cn1. The van der Waals surface area contributed by atoms with Gasteiger partial charge in [-0.1, -0.05) is 0 Å². The summed E-state index contributed by atoms with van der Waals surface area (Å²) in [5.41, 5.74) is 0. The number of nitrogens with zero attached hydrogens (tertiary/aromatic N) is 6. The Balaban J connectivity index is 1.97. The maximum Gasteiger partial charge on any atom is 0.381 e. The summed E-state index contributed by atoms with van der Waals surface area (Å²) in [5, 5.41) is 20.8. The van der Waals surface area contributed by atoms with Crippen molar-refractivity contribution >= 4 is 11.6 Å². The van der Waals surface area contributed by atoms with Crippen molar-refractivity contribution in [1.82, 2.24) is 19.1 Å². The molecule has 2 heterocycles. The average Bonchev–Trinajstić information content (AvgIpc) is 2.95. The van der Waals surface area contributed by atoms with Crippen LogP contribution in [0.15, 0.2) is 25.0 Å². The van der Waals surface area contributed by atoms with Crippen LogP contribution in [0, 0.1) is 20.2 Å². The van der Waals surface area contributed by atoms with Gasteiger partial charge in [-0.05, 0) is 19.8 Å². The summed E-state index contributed by atoms with van der Waals surface area (Å²) in [7, 11) is 0. The highest BCUT2D eigenvalue weighted by atomic mass is 16.6. The Morgan fingerprint density at radius 3 is 1.61 bits per heavy atom. The lowest BCUT2D eigenvalue weighted by molar-refractivity contribution is -0.389. The van der Waals surface area contributed by atoms with Crippen LogP contribution in [0.1, 0.15) is 0 Å². The number of hydrogen-bond donors (Lipinski definition) is 0. The van der Waals surface area contributed by atoms with E-state index in [-0.39, 0.29) is 11.6 Å². The Bertz CT molecular complexity index is 536. The Morgan fingerprint density at radius 2 is 1.33 bits per heavy atom. The van der Waals surface area contributed by atoms with Crippen molar-refractivity contribution in [3.05, 3.63) is 45.3 Å². The first-order chi connectivity index (χ1) is 8.56. The van der Waals surface area contributed by atoms with Gasteiger partial charge >= 0.3 is 11.6 Å². The minimum Gasteiger partial charge on any atom is -0.358 e. The summed E-state index contributed by atoms with van der Waals surface area (Å²) in [6.07, 6.45) is 5.27. The number of imidazole rings is 2. The van der Waals surface area contributed by atoms with E-state index in [9.17, 15) is 20.2 Å². The van der Waals surface area contributed by atoms with Gasteiger partial charge in [0.2, 0.25) is 12.7 Å². The van der Waals surface area contributed by atoms with Crippen LogP contribution in [0.25, 0.3) is 0 Å². The molecule has 0 aromatic carbocycles. The lowest BCUT2D eigenvalue weighted by Crippen LogP contribution is -2.04. The molecule has 10 nitrogen and oxygen atoms in total. The van der Waals surface area contributed by atoms with Gasteiger partial charge in [0.15, 0.2) is 0 Å². The average molecular weight is 252 g/mol. The number of rotatable bonds is 5. The van der Waals surface area contributed by atoms with Crippen molar-refractivity contribution in [3.63, 3.8) is 0 Å². The molecule has 0 spiro atoms. The molecule has 2 rings (SSSR count). The monoisotopic (exact) mass is 252 g/mol. The first-order valence-electron chi connectivity index (χ1n) is 4.88. The van der Waals surface area contributed by atoms with E-state index >= 15 is 0 Å². The third-order valence-corrected chi connectivity index (χ3v) is 2.23. The summed E-state index contributed by atoms with van der Waals surface area (Å²) in [5.74, 6) is -0.460. The fourth-order valence-corrected chi connectivity index (χ4v) is 1.36. The summed E-state index contributed by atoms with van der Waals surface area (Å²) >= 11 is 0. The fraction of sp³-hybridized carbons (Fsp3) is 0.250. The molecule has 0 atom stereocenters. The van der Waals surface area contributed by atoms with Crippen molar-refractivity contribution in [2.45, 2.75) is 13.1 Å². The molecule has 0 bridgehead atoms. The molecule has 0 saturated carbocycles. The third kappa shape index (κ3) is 2.48. The first kappa shape index (κ1) is 11.7. The zero-order valence-corrected chi connectivity index (χ0v) is 9.04. The van der Waals surface area contributed by atoms with Crippen molar-refractivity contribution in [2.24, 2.45) is 0 Å². The number of nitro groups is 2. The van der Waals surface area contributed by atoms with Crippen LogP contribution in [0.2, 0.25) is 0 Å². The van der Waals surface area contributed by atoms with E-state index in [4.69, 9.17) is 0 Å². The van der Waals surface area contributed by atoms with Crippen molar-refractivity contribution in [3.8, 4) is 0 Å². The van der Waals surface area contributed by atoms with Gasteiger partial charge in [-0.3, -0.25) is 0 Å². The van der Waals surface area contributed by atoms with E-state index in [1.54, 1.807) is 0 Å². The molecule has 0 aliphatic rings. The normalized spacial score (nSPS) is 10.4. The molecule has 0 saturated heterocycles. The van der Waals surface area contributed by atoms with Gasteiger partial charge in [0.1, 0.15) is 12.4 Å². The molecule has 10 heteroatoms. The van der Waals surface area contributed by atoms with Gasteiger partial charge in [0.05, 0.1) is 0 Å². The molecule has 18 heavy (non-hydrogen) atoms. The van der Waals surface area contributed by atoms with Crippen molar-refractivity contribution in [2.75, 3.05) is 0 Å². The summed E-state index contributed by atoms with van der Waals surface area (Å²) in [4.78, 5) is 26.8. The molecule has 0 fully saturated rings. The van der Waals surface area contributed by atoms with Gasteiger partial charge in [0, 0.05) is 13.1 Å². The molecule has 0 radical (unpaired) electrons.